The second kappa shape index (κ2) is 7.83. The number of benzene rings is 2. The minimum Gasteiger partial charge on any atom is -0.496 e. The smallest absolute Gasteiger partial charge is 0.262 e. The van der Waals surface area contributed by atoms with Gasteiger partial charge in [0.05, 0.1) is 26.9 Å². The molecule has 7 heteroatoms. The average molecular weight is 351 g/mol. The molecule has 0 saturated heterocycles. The van der Waals surface area contributed by atoms with Gasteiger partial charge < -0.3 is 19.1 Å². The van der Waals surface area contributed by atoms with E-state index in [0.717, 1.165) is 12.1 Å². The summed E-state index contributed by atoms with van der Waals surface area (Å²) in [6, 6.07) is 6.32. The third-order valence-electron chi connectivity index (χ3n) is 3.71. The first kappa shape index (κ1) is 18.5. The first-order valence-corrected chi connectivity index (χ1v) is 7.53. The van der Waals surface area contributed by atoms with Gasteiger partial charge in [-0.2, -0.15) is 0 Å². The van der Waals surface area contributed by atoms with Gasteiger partial charge in [0.25, 0.3) is 5.91 Å². The lowest BCUT2D eigenvalue weighted by atomic mass is 10.1. The first-order chi connectivity index (χ1) is 12.0. The highest BCUT2D eigenvalue weighted by atomic mass is 19.2. The summed E-state index contributed by atoms with van der Waals surface area (Å²) in [7, 11) is 4.34. The quantitative estimate of drug-likeness (QED) is 0.797. The van der Waals surface area contributed by atoms with Crippen molar-refractivity contribution >= 4 is 11.6 Å². The van der Waals surface area contributed by atoms with Crippen LogP contribution in [0.4, 0.5) is 14.5 Å². The number of anilines is 1. The second-order valence-corrected chi connectivity index (χ2v) is 5.06. The Labute approximate surface area is 144 Å². The van der Waals surface area contributed by atoms with Gasteiger partial charge >= 0.3 is 0 Å². The zero-order valence-corrected chi connectivity index (χ0v) is 14.4. The fourth-order valence-electron chi connectivity index (χ4n) is 2.44. The van der Waals surface area contributed by atoms with Crippen molar-refractivity contribution in [1.82, 2.24) is 0 Å². The molecule has 0 radical (unpaired) electrons. The van der Waals surface area contributed by atoms with Crippen molar-refractivity contribution in [1.29, 1.82) is 0 Å². The molecule has 0 fully saturated rings. The van der Waals surface area contributed by atoms with E-state index in [4.69, 9.17) is 14.2 Å². The van der Waals surface area contributed by atoms with Crippen molar-refractivity contribution < 1.29 is 27.8 Å². The molecule has 0 spiro atoms. The Kier molecular flexibility index (Phi) is 5.80. The van der Waals surface area contributed by atoms with Crippen molar-refractivity contribution in [3.63, 3.8) is 0 Å². The van der Waals surface area contributed by atoms with Crippen LogP contribution < -0.4 is 19.1 Å². The Morgan fingerprint density at radius 2 is 1.52 bits per heavy atom. The number of rotatable bonds is 6. The molecule has 0 N–H and O–H groups in total. The fourth-order valence-corrected chi connectivity index (χ4v) is 2.44. The highest BCUT2D eigenvalue weighted by Crippen LogP contribution is 2.35. The predicted molar refractivity (Wildman–Crippen MR) is 89.8 cm³/mol. The molecule has 0 aliphatic carbocycles. The number of halogens is 2. The first-order valence-electron chi connectivity index (χ1n) is 7.53. The van der Waals surface area contributed by atoms with Crippen LogP contribution in [-0.2, 0) is 0 Å². The molecule has 2 rings (SSSR count). The molecule has 0 heterocycles. The van der Waals surface area contributed by atoms with Crippen LogP contribution >= 0.6 is 0 Å². The maximum Gasteiger partial charge on any atom is 0.262 e. The summed E-state index contributed by atoms with van der Waals surface area (Å²) in [6.45, 7) is 1.98. The molecule has 5 nitrogen and oxygen atoms in total. The summed E-state index contributed by atoms with van der Waals surface area (Å²) in [4.78, 5) is 14.3. The van der Waals surface area contributed by atoms with Crippen LogP contribution in [0.5, 0.6) is 17.2 Å². The molecule has 0 aromatic heterocycles. The summed E-state index contributed by atoms with van der Waals surface area (Å²) in [5, 5.41) is 0. The van der Waals surface area contributed by atoms with E-state index in [2.05, 4.69) is 0 Å². The van der Waals surface area contributed by atoms with Crippen LogP contribution in [0.25, 0.3) is 0 Å². The summed E-state index contributed by atoms with van der Waals surface area (Å²) in [5.74, 6) is -1.39. The van der Waals surface area contributed by atoms with Crippen molar-refractivity contribution in [3.8, 4) is 17.2 Å². The largest absolute Gasteiger partial charge is 0.496 e. The average Bonchev–Trinajstić information content (AvgIpc) is 2.63. The lowest BCUT2D eigenvalue weighted by Gasteiger charge is -2.23. The van der Waals surface area contributed by atoms with Crippen molar-refractivity contribution in [2.75, 3.05) is 32.8 Å². The van der Waals surface area contributed by atoms with Gasteiger partial charge in [-0.05, 0) is 19.1 Å². The molecule has 0 unspecified atom stereocenters. The van der Waals surface area contributed by atoms with Gasteiger partial charge in [0.1, 0.15) is 5.75 Å². The SMILES string of the molecule is CCN(C(=O)c1cc(OC)c(OC)cc1OC)c1ccc(F)c(F)c1. The Balaban J connectivity index is 2.51. The number of ether oxygens (including phenoxy) is 3. The van der Waals surface area contributed by atoms with Gasteiger partial charge in [-0.15, -0.1) is 0 Å². The van der Waals surface area contributed by atoms with Gasteiger partial charge in [-0.25, -0.2) is 8.78 Å². The molecule has 0 bridgehead atoms. The Hall–Kier alpha value is -2.83. The zero-order valence-electron chi connectivity index (χ0n) is 14.4. The number of nitrogens with zero attached hydrogens (tertiary/aromatic N) is 1. The maximum absolute atomic E-state index is 13.5. The van der Waals surface area contributed by atoms with Crippen LogP contribution in [0.2, 0.25) is 0 Å². The standard InChI is InChI=1S/C18H19F2NO4/c1-5-21(11-6-7-13(19)14(20)8-11)18(22)12-9-16(24-3)17(25-4)10-15(12)23-2/h6-10H,5H2,1-4H3. The van der Waals surface area contributed by atoms with Crippen molar-refractivity contribution in [2.24, 2.45) is 0 Å². The van der Waals surface area contributed by atoms with E-state index < -0.39 is 17.5 Å². The van der Waals surface area contributed by atoms with Crippen molar-refractivity contribution in [3.05, 3.63) is 47.5 Å². The molecule has 25 heavy (non-hydrogen) atoms. The number of methoxy groups -OCH3 is 3. The highest BCUT2D eigenvalue weighted by Gasteiger charge is 2.23. The van der Waals surface area contributed by atoms with E-state index in [1.54, 1.807) is 6.92 Å². The monoisotopic (exact) mass is 351 g/mol. The highest BCUT2D eigenvalue weighted by molar-refractivity contribution is 6.08. The van der Waals surface area contributed by atoms with Gasteiger partial charge in [-0.1, -0.05) is 0 Å². The van der Waals surface area contributed by atoms with Gasteiger partial charge in [0, 0.05) is 30.4 Å². The maximum atomic E-state index is 13.5. The Morgan fingerprint density at radius 1 is 0.920 bits per heavy atom. The van der Waals surface area contributed by atoms with E-state index in [-0.39, 0.29) is 23.5 Å². The second-order valence-electron chi connectivity index (χ2n) is 5.06. The topological polar surface area (TPSA) is 48.0 Å². The predicted octanol–water partition coefficient (Wildman–Crippen LogP) is 3.66. The van der Waals surface area contributed by atoms with E-state index in [0.29, 0.717) is 11.5 Å². The van der Waals surface area contributed by atoms with E-state index in [9.17, 15) is 13.6 Å². The molecule has 0 aliphatic rings. The number of hydrogen-bond acceptors (Lipinski definition) is 4. The Morgan fingerprint density at radius 3 is 2.04 bits per heavy atom. The third kappa shape index (κ3) is 3.65. The number of hydrogen-bond donors (Lipinski definition) is 0. The molecule has 2 aromatic rings. The van der Waals surface area contributed by atoms with Crippen LogP contribution in [0.1, 0.15) is 17.3 Å². The summed E-state index contributed by atoms with van der Waals surface area (Å²) >= 11 is 0. The minimum absolute atomic E-state index is 0.215. The Bertz CT molecular complexity index is 780. The molecule has 1 amide bonds. The van der Waals surface area contributed by atoms with Crippen LogP contribution in [0.3, 0.4) is 0 Å². The lowest BCUT2D eigenvalue weighted by Crippen LogP contribution is -2.31. The number of carbonyl (C=O) groups is 1. The van der Waals surface area contributed by atoms with E-state index in [1.807, 2.05) is 0 Å². The summed E-state index contributed by atoms with van der Waals surface area (Å²) in [5.41, 5.74) is 0.454. The molecule has 0 aliphatic heterocycles. The summed E-state index contributed by atoms with van der Waals surface area (Å²) < 4.78 is 42.4. The lowest BCUT2D eigenvalue weighted by molar-refractivity contribution is 0.0985. The minimum atomic E-state index is -1.02. The number of amides is 1. The molecule has 0 saturated carbocycles. The van der Waals surface area contributed by atoms with Gasteiger partial charge in [-0.3, -0.25) is 4.79 Å². The normalized spacial score (nSPS) is 10.3. The van der Waals surface area contributed by atoms with Gasteiger partial charge in [0.15, 0.2) is 23.1 Å². The molecule has 134 valence electrons. The molecular weight excluding hydrogens is 332 g/mol. The van der Waals surface area contributed by atoms with Gasteiger partial charge in [0.2, 0.25) is 0 Å². The van der Waals surface area contributed by atoms with E-state index in [1.165, 1.54) is 44.4 Å². The van der Waals surface area contributed by atoms with Crippen LogP contribution in [0.15, 0.2) is 30.3 Å². The summed E-state index contributed by atoms with van der Waals surface area (Å²) in [6.07, 6.45) is 0. The number of carbonyl (C=O) groups excluding carboxylic acids is 1. The molecular formula is C18H19F2NO4. The fraction of sp³-hybridized carbons (Fsp3) is 0.278. The van der Waals surface area contributed by atoms with Crippen LogP contribution in [0, 0.1) is 11.6 Å². The van der Waals surface area contributed by atoms with E-state index >= 15 is 0 Å². The molecule has 2 aromatic carbocycles. The van der Waals surface area contributed by atoms with Crippen molar-refractivity contribution in [2.45, 2.75) is 6.92 Å². The zero-order chi connectivity index (χ0) is 18.6. The molecule has 0 atom stereocenters. The third-order valence-corrected chi connectivity index (χ3v) is 3.71. The van der Waals surface area contributed by atoms with Crippen LogP contribution in [-0.4, -0.2) is 33.8 Å².